The summed E-state index contributed by atoms with van der Waals surface area (Å²) in [4.78, 5) is 12.5. The van der Waals surface area contributed by atoms with Crippen LogP contribution in [0.3, 0.4) is 0 Å². The number of nitrogens with zero attached hydrogens (tertiary/aromatic N) is 2. The first-order valence-electron chi connectivity index (χ1n) is 6.55. The van der Waals surface area contributed by atoms with E-state index in [1.165, 1.54) is 0 Å². The number of rotatable bonds is 3. The smallest absolute Gasteiger partial charge is 0.171 e. The zero-order chi connectivity index (χ0) is 15.0. The largest absolute Gasteiger partial charge is 0.398 e. The van der Waals surface area contributed by atoms with Crippen LogP contribution in [0, 0.1) is 0 Å². The van der Waals surface area contributed by atoms with Gasteiger partial charge in [0.05, 0.1) is 17.6 Å². The zero-order valence-electron chi connectivity index (χ0n) is 11.5. The van der Waals surface area contributed by atoms with Gasteiger partial charge in [-0.3, -0.25) is 9.48 Å². The van der Waals surface area contributed by atoms with Gasteiger partial charge in [-0.1, -0.05) is 34.1 Å². The molecule has 0 saturated heterocycles. The van der Waals surface area contributed by atoms with Crippen molar-refractivity contribution in [1.29, 1.82) is 0 Å². The molecular weight excluding hydrogens is 330 g/mol. The number of ketones is 1. The molecule has 2 aromatic carbocycles. The highest BCUT2D eigenvalue weighted by Gasteiger charge is 2.15. The summed E-state index contributed by atoms with van der Waals surface area (Å²) >= 11 is 3.37. The molecular formula is C16H14BrN3O. The van der Waals surface area contributed by atoms with Crippen LogP contribution in [0.15, 0.2) is 46.9 Å². The summed E-state index contributed by atoms with van der Waals surface area (Å²) in [6.45, 7) is 0. The second kappa shape index (κ2) is 5.33. The third kappa shape index (κ3) is 2.56. The topological polar surface area (TPSA) is 60.9 Å². The molecule has 0 amide bonds. The lowest BCUT2D eigenvalue weighted by atomic mass is 10.0. The molecule has 1 aromatic heterocycles. The van der Waals surface area contributed by atoms with Gasteiger partial charge in [-0.2, -0.15) is 5.10 Å². The van der Waals surface area contributed by atoms with Gasteiger partial charge in [0.1, 0.15) is 0 Å². The number of carbonyl (C=O) groups excluding carboxylic acids is 1. The van der Waals surface area contributed by atoms with E-state index >= 15 is 0 Å². The highest BCUT2D eigenvalue weighted by molar-refractivity contribution is 9.10. The Morgan fingerprint density at radius 1 is 1.29 bits per heavy atom. The lowest BCUT2D eigenvalue weighted by Crippen LogP contribution is -2.08. The van der Waals surface area contributed by atoms with Gasteiger partial charge in [0.15, 0.2) is 5.78 Å². The number of Topliss-reactive ketones (excluding diaryl/α,β-unsaturated/α-hetero) is 1. The Labute approximate surface area is 130 Å². The van der Waals surface area contributed by atoms with Crippen LogP contribution in [0.5, 0.6) is 0 Å². The SMILES string of the molecule is Cn1nc(CC(=O)c2cc(Br)ccc2N)c2ccccc21. The first kappa shape index (κ1) is 13.8. The van der Waals surface area contributed by atoms with E-state index in [4.69, 9.17) is 5.73 Å². The molecule has 0 unspecified atom stereocenters. The predicted molar refractivity (Wildman–Crippen MR) is 87.3 cm³/mol. The number of carbonyl (C=O) groups is 1. The number of aryl methyl sites for hydroxylation is 1. The molecule has 0 aliphatic heterocycles. The molecule has 4 nitrogen and oxygen atoms in total. The molecule has 5 heteroatoms. The van der Waals surface area contributed by atoms with Crippen molar-refractivity contribution in [3.8, 4) is 0 Å². The first-order valence-corrected chi connectivity index (χ1v) is 7.34. The first-order chi connectivity index (χ1) is 10.1. The molecule has 0 spiro atoms. The fourth-order valence-corrected chi connectivity index (χ4v) is 2.80. The molecule has 106 valence electrons. The Kier molecular flexibility index (Phi) is 3.51. The summed E-state index contributed by atoms with van der Waals surface area (Å²) < 4.78 is 2.63. The van der Waals surface area contributed by atoms with Gasteiger partial charge in [-0.15, -0.1) is 0 Å². The van der Waals surface area contributed by atoms with Gasteiger partial charge in [0.25, 0.3) is 0 Å². The normalized spacial score (nSPS) is 11.0. The van der Waals surface area contributed by atoms with E-state index < -0.39 is 0 Å². The van der Waals surface area contributed by atoms with Crippen molar-refractivity contribution >= 4 is 38.3 Å². The van der Waals surface area contributed by atoms with Crippen LogP contribution in [0.2, 0.25) is 0 Å². The maximum Gasteiger partial charge on any atom is 0.171 e. The number of aromatic nitrogens is 2. The summed E-state index contributed by atoms with van der Waals surface area (Å²) in [6, 6.07) is 13.2. The molecule has 0 fully saturated rings. The number of hydrogen-bond donors (Lipinski definition) is 1. The van der Waals surface area contributed by atoms with Crippen molar-refractivity contribution in [3.05, 3.63) is 58.2 Å². The summed E-state index contributed by atoms with van der Waals surface area (Å²) in [6.07, 6.45) is 0.238. The molecule has 0 radical (unpaired) electrons. The second-order valence-corrected chi connectivity index (χ2v) is 5.83. The monoisotopic (exact) mass is 343 g/mol. The minimum Gasteiger partial charge on any atom is -0.398 e. The van der Waals surface area contributed by atoms with Gasteiger partial charge < -0.3 is 5.73 Å². The standard InChI is InChI=1S/C16H14BrN3O/c1-20-15-5-3-2-4-11(15)14(19-20)9-16(21)12-8-10(17)6-7-13(12)18/h2-8H,9,18H2,1H3. The quantitative estimate of drug-likeness (QED) is 0.586. The molecule has 3 rings (SSSR count). The molecule has 0 bridgehead atoms. The van der Waals surface area contributed by atoms with Crippen molar-refractivity contribution < 1.29 is 4.79 Å². The molecule has 2 N–H and O–H groups in total. The number of hydrogen-bond acceptors (Lipinski definition) is 3. The average molecular weight is 344 g/mol. The fourth-order valence-electron chi connectivity index (χ4n) is 2.44. The number of nitrogen functional groups attached to an aromatic ring is 1. The maximum atomic E-state index is 12.5. The second-order valence-electron chi connectivity index (χ2n) is 4.92. The molecule has 0 aliphatic carbocycles. The maximum absolute atomic E-state index is 12.5. The van der Waals surface area contributed by atoms with E-state index in [-0.39, 0.29) is 12.2 Å². The number of nitrogens with two attached hydrogens (primary N) is 1. The number of anilines is 1. The van der Waals surface area contributed by atoms with E-state index in [2.05, 4.69) is 21.0 Å². The van der Waals surface area contributed by atoms with Gasteiger partial charge in [0.2, 0.25) is 0 Å². The van der Waals surface area contributed by atoms with Crippen LogP contribution < -0.4 is 5.73 Å². The minimum absolute atomic E-state index is 0.0300. The van der Waals surface area contributed by atoms with Gasteiger partial charge in [-0.25, -0.2) is 0 Å². The lowest BCUT2D eigenvalue weighted by Gasteiger charge is -2.04. The van der Waals surface area contributed by atoms with Crippen LogP contribution in [0.1, 0.15) is 16.1 Å². The Morgan fingerprint density at radius 3 is 2.86 bits per heavy atom. The van der Waals surface area contributed by atoms with Crippen molar-refractivity contribution in [2.24, 2.45) is 7.05 Å². The molecule has 3 aromatic rings. The number of benzene rings is 2. The zero-order valence-corrected chi connectivity index (χ0v) is 13.1. The van der Waals surface area contributed by atoms with E-state index in [1.807, 2.05) is 37.4 Å². The molecule has 21 heavy (non-hydrogen) atoms. The molecule has 0 aliphatic rings. The van der Waals surface area contributed by atoms with Crippen molar-refractivity contribution in [2.45, 2.75) is 6.42 Å². The van der Waals surface area contributed by atoms with Crippen molar-refractivity contribution in [1.82, 2.24) is 9.78 Å². The molecule has 0 atom stereocenters. The summed E-state index contributed by atoms with van der Waals surface area (Å²) in [5.74, 6) is -0.0300. The van der Waals surface area contributed by atoms with Crippen LogP contribution in [-0.4, -0.2) is 15.6 Å². The number of halogens is 1. The van der Waals surface area contributed by atoms with Crippen LogP contribution in [-0.2, 0) is 13.5 Å². The van der Waals surface area contributed by atoms with E-state index in [0.717, 1.165) is 21.1 Å². The number of fused-ring (bicyclic) bond motifs is 1. The van der Waals surface area contributed by atoms with Gasteiger partial charge >= 0.3 is 0 Å². The highest BCUT2D eigenvalue weighted by atomic mass is 79.9. The van der Waals surface area contributed by atoms with E-state index in [0.29, 0.717) is 11.3 Å². The summed E-state index contributed by atoms with van der Waals surface area (Å²) in [5.41, 5.74) is 8.70. The van der Waals surface area contributed by atoms with Crippen molar-refractivity contribution in [2.75, 3.05) is 5.73 Å². The van der Waals surface area contributed by atoms with Gasteiger partial charge in [-0.05, 0) is 24.3 Å². The molecule has 0 saturated carbocycles. The highest BCUT2D eigenvalue weighted by Crippen LogP contribution is 2.23. The Bertz CT molecular complexity index is 839. The van der Waals surface area contributed by atoms with Crippen LogP contribution >= 0.6 is 15.9 Å². The van der Waals surface area contributed by atoms with E-state index in [9.17, 15) is 4.79 Å². The fraction of sp³-hybridized carbons (Fsp3) is 0.125. The van der Waals surface area contributed by atoms with E-state index in [1.54, 1.807) is 16.8 Å². The Hall–Kier alpha value is -2.14. The minimum atomic E-state index is -0.0300. The van der Waals surface area contributed by atoms with Gasteiger partial charge in [0, 0.05) is 28.2 Å². The predicted octanol–water partition coefficient (Wildman–Crippen LogP) is 3.34. The van der Waals surface area contributed by atoms with Crippen molar-refractivity contribution in [3.63, 3.8) is 0 Å². The Balaban J connectivity index is 1.99. The summed E-state index contributed by atoms with van der Waals surface area (Å²) in [5, 5.41) is 5.45. The van der Waals surface area contributed by atoms with Crippen LogP contribution in [0.4, 0.5) is 5.69 Å². The lowest BCUT2D eigenvalue weighted by molar-refractivity contribution is 0.0993. The molecule has 1 heterocycles. The Morgan fingerprint density at radius 2 is 2.05 bits per heavy atom. The number of para-hydroxylation sites is 1. The third-order valence-corrected chi connectivity index (χ3v) is 3.97. The average Bonchev–Trinajstić information content (AvgIpc) is 2.78. The summed E-state index contributed by atoms with van der Waals surface area (Å²) in [7, 11) is 1.88. The third-order valence-electron chi connectivity index (χ3n) is 3.48. The van der Waals surface area contributed by atoms with Crippen LogP contribution in [0.25, 0.3) is 10.9 Å².